The number of rotatable bonds is 4. The predicted octanol–water partition coefficient (Wildman–Crippen LogP) is 4.87. The Balaban J connectivity index is 1.58. The molecule has 1 atom stereocenters. The molecule has 2 amide bonds. The van der Waals surface area contributed by atoms with Gasteiger partial charge in [-0.3, -0.25) is 9.59 Å². The number of carbonyl (C=O) groups excluding carboxylic acids is 2. The summed E-state index contributed by atoms with van der Waals surface area (Å²) in [6.45, 7) is 2.40. The Labute approximate surface area is 200 Å². The summed E-state index contributed by atoms with van der Waals surface area (Å²) < 4.78 is 32.6. The summed E-state index contributed by atoms with van der Waals surface area (Å²) in [4.78, 5) is 29.7. The number of halogens is 2. The number of anilines is 1. The average Bonchev–Trinajstić information content (AvgIpc) is 3.38. The van der Waals surface area contributed by atoms with Gasteiger partial charge in [-0.15, -0.1) is 11.8 Å². The highest BCUT2D eigenvalue weighted by Crippen LogP contribution is 2.55. The summed E-state index contributed by atoms with van der Waals surface area (Å²) >= 11 is 1.42. The second-order valence-electron chi connectivity index (χ2n) is 8.34. The molecule has 0 bridgehead atoms. The number of aryl methyl sites for hydroxylation is 1. The van der Waals surface area contributed by atoms with Gasteiger partial charge >= 0.3 is 0 Å². The van der Waals surface area contributed by atoms with Crippen LogP contribution >= 0.6 is 11.8 Å². The van der Waals surface area contributed by atoms with Crippen molar-refractivity contribution in [3.05, 3.63) is 94.6 Å². The molecule has 2 heterocycles. The minimum atomic E-state index is -1.22. The third-order valence-corrected chi connectivity index (χ3v) is 7.65. The Morgan fingerprint density at radius 2 is 1.91 bits per heavy atom. The molecule has 0 aliphatic carbocycles. The Morgan fingerprint density at radius 1 is 1.09 bits per heavy atom. The van der Waals surface area contributed by atoms with E-state index in [-0.39, 0.29) is 18.4 Å². The van der Waals surface area contributed by atoms with Crippen LogP contribution in [0.25, 0.3) is 0 Å². The van der Waals surface area contributed by atoms with Crippen LogP contribution in [0.2, 0.25) is 0 Å². The first-order valence-electron chi connectivity index (χ1n) is 10.8. The smallest absolute Gasteiger partial charge is 0.268 e. The summed E-state index contributed by atoms with van der Waals surface area (Å²) in [5, 5.41) is 0. The van der Waals surface area contributed by atoms with E-state index < -0.39 is 16.5 Å². The quantitative estimate of drug-likeness (QED) is 0.535. The molecule has 1 spiro atoms. The fraction of sp³-hybridized carbons (Fsp3) is 0.231. The molecular weight excluding hydrogens is 458 g/mol. The lowest BCUT2D eigenvalue weighted by molar-refractivity contribution is -0.123. The number of hydrogen-bond acceptors (Lipinski definition) is 4. The van der Waals surface area contributed by atoms with E-state index in [4.69, 9.17) is 4.74 Å². The van der Waals surface area contributed by atoms with Gasteiger partial charge in [0.1, 0.15) is 5.75 Å². The number of thioether (sulfide) groups is 1. The van der Waals surface area contributed by atoms with Crippen LogP contribution in [0.1, 0.15) is 27.0 Å². The molecule has 3 aromatic rings. The number of benzene rings is 3. The largest absolute Gasteiger partial charge is 0.497 e. The molecule has 0 saturated carbocycles. The summed E-state index contributed by atoms with van der Waals surface area (Å²) in [5.41, 5.74) is 3.26. The molecule has 0 N–H and O–H groups in total. The lowest BCUT2D eigenvalue weighted by atomic mass is 10.0. The number of methoxy groups -OCH3 is 1. The summed E-state index contributed by atoms with van der Waals surface area (Å²) in [6.07, 6.45) is 0. The van der Waals surface area contributed by atoms with E-state index in [1.165, 1.54) is 24.9 Å². The maximum Gasteiger partial charge on any atom is 0.268 e. The fourth-order valence-electron chi connectivity index (χ4n) is 4.62. The SMILES string of the molecule is COc1cccc(C(=O)N2CCS[C@]23C(=O)N(Cc2ccc(F)c(F)c2)c2ccc(C)cc23)c1. The zero-order valence-corrected chi connectivity index (χ0v) is 19.5. The Morgan fingerprint density at radius 3 is 2.68 bits per heavy atom. The van der Waals surface area contributed by atoms with Crippen LogP contribution in [0, 0.1) is 18.6 Å². The summed E-state index contributed by atoms with van der Waals surface area (Å²) in [6, 6.07) is 16.2. The lowest BCUT2D eigenvalue weighted by Gasteiger charge is -2.33. The highest BCUT2D eigenvalue weighted by molar-refractivity contribution is 8.01. The van der Waals surface area contributed by atoms with E-state index in [1.54, 1.807) is 34.1 Å². The third kappa shape index (κ3) is 3.44. The Hall–Kier alpha value is -3.39. The molecule has 2 aliphatic heterocycles. The Bertz CT molecular complexity index is 1310. The molecule has 3 aromatic carbocycles. The van der Waals surface area contributed by atoms with Gasteiger partial charge in [0, 0.05) is 23.4 Å². The standard InChI is InChI=1S/C26H22F2N2O3S/c1-16-6-9-23-20(12-16)26(25(32)29(23)15-17-7-8-21(27)22(28)13-17)30(10-11-34-26)24(31)18-4-3-5-19(14-18)33-2/h3-9,12-14H,10-11,15H2,1-2H3/t26-/m1/s1. The van der Waals surface area contributed by atoms with Gasteiger partial charge < -0.3 is 14.5 Å². The van der Waals surface area contributed by atoms with Crippen LogP contribution in [0.4, 0.5) is 14.5 Å². The first-order chi connectivity index (χ1) is 16.3. The molecule has 0 unspecified atom stereocenters. The average molecular weight is 481 g/mol. The summed E-state index contributed by atoms with van der Waals surface area (Å²) in [7, 11) is 1.53. The van der Waals surface area contributed by atoms with Crippen molar-refractivity contribution in [1.29, 1.82) is 0 Å². The second kappa shape index (κ2) is 8.43. The molecule has 1 saturated heterocycles. The van der Waals surface area contributed by atoms with E-state index in [0.717, 1.165) is 23.3 Å². The number of carbonyl (C=O) groups is 2. The van der Waals surface area contributed by atoms with E-state index in [9.17, 15) is 18.4 Å². The molecular formula is C26H22F2N2O3S. The minimum Gasteiger partial charge on any atom is -0.497 e. The predicted molar refractivity (Wildman–Crippen MR) is 127 cm³/mol. The van der Waals surface area contributed by atoms with Crippen LogP contribution < -0.4 is 9.64 Å². The van der Waals surface area contributed by atoms with Gasteiger partial charge in [0.2, 0.25) is 0 Å². The first kappa shape index (κ1) is 22.4. The van der Waals surface area contributed by atoms with Crippen molar-refractivity contribution in [1.82, 2.24) is 4.90 Å². The molecule has 5 nitrogen and oxygen atoms in total. The normalized spacial score (nSPS) is 19.1. The molecule has 5 rings (SSSR count). The molecule has 1 fully saturated rings. The van der Waals surface area contributed by atoms with Gasteiger partial charge in [-0.1, -0.05) is 29.8 Å². The van der Waals surface area contributed by atoms with Gasteiger partial charge in [0.05, 0.1) is 19.3 Å². The topological polar surface area (TPSA) is 49.9 Å². The molecule has 34 heavy (non-hydrogen) atoms. The van der Waals surface area contributed by atoms with Crippen LogP contribution in [0.15, 0.2) is 60.7 Å². The van der Waals surface area contributed by atoms with Crippen LogP contribution in [-0.4, -0.2) is 36.1 Å². The van der Waals surface area contributed by atoms with Gasteiger partial charge in [0.25, 0.3) is 11.8 Å². The van der Waals surface area contributed by atoms with Crippen molar-refractivity contribution in [2.45, 2.75) is 18.3 Å². The lowest BCUT2D eigenvalue weighted by Crippen LogP contribution is -2.50. The minimum absolute atomic E-state index is 0.0651. The van der Waals surface area contributed by atoms with Gasteiger partial charge in [-0.25, -0.2) is 8.78 Å². The molecule has 8 heteroatoms. The second-order valence-corrected chi connectivity index (χ2v) is 9.63. The van der Waals surface area contributed by atoms with Gasteiger partial charge in [0.15, 0.2) is 16.5 Å². The van der Waals surface area contributed by atoms with Crippen molar-refractivity contribution in [3.63, 3.8) is 0 Å². The van der Waals surface area contributed by atoms with E-state index in [1.807, 2.05) is 25.1 Å². The van der Waals surface area contributed by atoms with E-state index in [0.29, 0.717) is 34.9 Å². The van der Waals surface area contributed by atoms with Crippen molar-refractivity contribution >= 4 is 29.3 Å². The number of fused-ring (bicyclic) bond motifs is 2. The van der Waals surface area contributed by atoms with Crippen molar-refractivity contribution in [2.24, 2.45) is 0 Å². The first-order valence-corrected chi connectivity index (χ1v) is 11.8. The monoisotopic (exact) mass is 480 g/mol. The fourth-order valence-corrected chi connectivity index (χ4v) is 6.07. The molecule has 0 radical (unpaired) electrons. The van der Waals surface area contributed by atoms with Crippen LogP contribution in [-0.2, 0) is 16.2 Å². The number of amides is 2. The maximum absolute atomic E-state index is 14.0. The highest BCUT2D eigenvalue weighted by Gasteiger charge is 2.59. The van der Waals surface area contributed by atoms with E-state index in [2.05, 4.69) is 0 Å². The van der Waals surface area contributed by atoms with Crippen LogP contribution in [0.5, 0.6) is 5.75 Å². The van der Waals surface area contributed by atoms with Gasteiger partial charge in [-0.2, -0.15) is 0 Å². The number of hydrogen-bond donors (Lipinski definition) is 0. The van der Waals surface area contributed by atoms with Gasteiger partial charge in [-0.05, 0) is 48.9 Å². The third-order valence-electron chi connectivity index (χ3n) is 6.24. The van der Waals surface area contributed by atoms with Crippen molar-refractivity contribution < 1.29 is 23.1 Å². The highest BCUT2D eigenvalue weighted by atomic mass is 32.2. The summed E-state index contributed by atoms with van der Waals surface area (Å²) in [5.74, 6) is -1.29. The van der Waals surface area contributed by atoms with E-state index >= 15 is 0 Å². The maximum atomic E-state index is 14.0. The van der Waals surface area contributed by atoms with Crippen LogP contribution in [0.3, 0.4) is 0 Å². The molecule has 174 valence electrons. The zero-order chi connectivity index (χ0) is 24.0. The molecule has 0 aromatic heterocycles. The van der Waals surface area contributed by atoms with Crippen molar-refractivity contribution in [3.8, 4) is 5.75 Å². The number of ether oxygens (including phenoxy) is 1. The Kier molecular flexibility index (Phi) is 5.56. The zero-order valence-electron chi connectivity index (χ0n) is 18.7. The molecule has 2 aliphatic rings. The van der Waals surface area contributed by atoms with Crippen molar-refractivity contribution in [2.75, 3.05) is 24.3 Å². The number of nitrogens with zero attached hydrogens (tertiary/aromatic N) is 2.